The topological polar surface area (TPSA) is 114 Å². The molecule has 1 aliphatic heterocycles. The predicted octanol–water partition coefficient (Wildman–Crippen LogP) is -1.09. The Bertz CT molecular complexity index is 1040. The Morgan fingerprint density at radius 1 is 1.29 bits per heavy atom. The first kappa shape index (κ1) is 22.6. The highest BCUT2D eigenvalue weighted by molar-refractivity contribution is 5.90. The number of amides is 1. The van der Waals surface area contributed by atoms with Crippen LogP contribution in [0.2, 0.25) is 0 Å². The summed E-state index contributed by atoms with van der Waals surface area (Å²) in [5, 5.41) is 12.4. The van der Waals surface area contributed by atoms with Crippen LogP contribution in [0.4, 0.5) is 14.9 Å². The summed E-state index contributed by atoms with van der Waals surface area (Å²) in [7, 11) is 0. The second kappa shape index (κ2) is 9.80. The molecule has 1 aromatic carbocycles. The van der Waals surface area contributed by atoms with Crippen molar-refractivity contribution in [2.75, 3.05) is 18.0 Å². The monoisotopic (exact) mass is 447 g/mol. The maximum atomic E-state index is 14.8. The highest BCUT2D eigenvalue weighted by Crippen LogP contribution is 2.29. The summed E-state index contributed by atoms with van der Waals surface area (Å²) in [5.41, 5.74) is 5.77. The molecule has 1 saturated heterocycles. The van der Waals surface area contributed by atoms with Crippen LogP contribution in [0.3, 0.4) is 0 Å². The van der Waals surface area contributed by atoms with Gasteiger partial charge in [-0.05, 0) is 35.9 Å². The molecule has 3 N–H and O–H groups in total. The van der Waals surface area contributed by atoms with Crippen LogP contribution in [0.15, 0.2) is 36.5 Å². The second-order valence-electron chi connectivity index (χ2n) is 7.06. The predicted molar refractivity (Wildman–Crippen MR) is 107 cm³/mol. The molecular formula is C20H23ClFN7O2. The van der Waals surface area contributed by atoms with Gasteiger partial charge < -0.3 is 22.9 Å². The van der Waals surface area contributed by atoms with E-state index in [1.807, 2.05) is 0 Å². The van der Waals surface area contributed by atoms with Crippen LogP contribution in [-0.4, -0.2) is 50.5 Å². The minimum atomic E-state index is -0.485. The summed E-state index contributed by atoms with van der Waals surface area (Å²) in [6, 6.07) is 8.15. The Morgan fingerprint density at radius 2 is 2.13 bits per heavy atom. The molecule has 164 valence electrons. The number of halogens is 2. The molecule has 3 aromatic rings. The molecule has 11 heteroatoms. The average Bonchev–Trinajstić information content (AvgIpc) is 3.39. The number of quaternary nitrogens is 1. The zero-order valence-electron chi connectivity index (χ0n) is 17.0. The van der Waals surface area contributed by atoms with E-state index in [0.29, 0.717) is 48.0 Å². The number of cyclic esters (lactones) is 1. The van der Waals surface area contributed by atoms with Gasteiger partial charge in [-0.15, -0.1) is 10.2 Å². The van der Waals surface area contributed by atoms with E-state index in [4.69, 9.17) is 4.74 Å². The number of anilines is 1. The number of ether oxygens (including phenoxy) is 1. The number of aryl methyl sites for hydroxylation is 1. The molecule has 31 heavy (non-hydrogen) atoms. The summed E-state index contributed by atoms with van der Waals surface area (Å²) < 4.78 is 20.0. The number of tetrazole rings is 1. The second-order valence-corrected chi connectivity index (χ2v) is 7.06. The van der Waals surface area contributed by atoms with Gasteiger partial charge in [0.15, 0.2) is 6.10 Å². The third-order valence-electron chi connectivity index (χ3n) is 4.93. The van der Waals surface area contributed by atoms with Gasteiger partial charge in [0.1, 0.15) is 18.1 Å². The van der Waals surface area contributed by atoms with E-state index in [0.717, 1.165) is 12.8 Å². The van der Waals surface area contributed by atoms with E-state index in [1.54, 1.807) is 35.3 Å². The van der Waals surface area contributed by atoms with E-state index in [-0.39, 0.29) is 18.5 Å². The number of nitrogens with zero attached hydrogens (tertiary/aromatic N) is 6. The Hall–Kier alpha value is -3.11. The number of aromatic nitrogens is 5. The van der Waals surface area contributed by atoms with Gasteiger partial charge in [-0.2, -0.15) is 4.80 Å². The van der Waals surface area contributed by atoms with Crippen molar-refractivity contribution in [2.24, 2.45) is 0 Å². The number of benzene rings is 1. The number of carbonyl (C=O) groups excluding carboxylic acids is 1. The van der Waals surface area contributed by atoms with Crippen molar-refractivity contribution in [2.45, 2.75) is 32.4 Å². The van der Waals surface area contributed by atoms with Crippen molar-refractivity contribution < 1.29 is 32.1 Å². The number of hydrogen-bond acceptors (Lipinski definition) is 6. The Balaban J connectivity index is 0.00000272. The van der Waals surface area contributed by atoms with Crippen LogP contribution in [0, 0.1) is 5.82 Å². The summed E-state index contributed by atoms with van der Waals surface area (Å²) in [6.07, 6.45) is 2.83. The Labute approximate surface area is 184 Å². The molecule has 1 amide bonds. The van der Waals surface area contributed by atoms with Gasteiger partial charge in [-0.3, -0.25) is 9.88 Å². The first-order chi connectivity index (χ1) is 14.6. The number of rotatable bonds is 7. The highest BCUT2D eigenvalue weighted by atomic mass is 35.5. The van der Waals surface area contributed by atoms with Crippen molar-refractivity contribution in [3.8, 4) is 22.6 Å². The number of unbranched alkanes of at least 4 members (excludes halogenated alkanes) is 1. The molecule has 2 aromatic heterocycles. The molecule has 3 heterocycles. The van der Waals surface area contributed by atoms with Gasteiger partial charge in [0.2, 0.25) is 5.82 Å². The van der Waals surface area contributed by atoms with Gasteiger partial charge in [0.05, 0.1) is 18.8 Å². The van der Waals surface area contributed by atoms with Crippen LogP contribution in [-0.2, 0) is 11.3 Å². The fourth-order valence-electron chi connectivity index (χ4n) is 3.21. The smallest absolute Gasteiger partial charge is 0.414 e. The van der Waals surface area contributed by atoms with Crippen LogP contribution in [0.25, 0.3) is 22.6 Å². The maximum absolute atomic E-state index is 14.8. The van der Waals surface area contributed by atoms with Crippen molar-refractivity contribution in [1.29, 1.82) is 0 Å². The summed E-state index contributed by atoms with van der Waals surface area (Å²) in [5.74, 6) is -0.0162. The molecule has 0 spiro atoms. The molecule has 1 atom stereocenters. The van der Waals surface area contributed by atoms with Crippen LogP contribution in [0.1, 0.15) is 19.8 Å². The maximum Gasteiger partial charge on any atom is 0.414 e. The lowest BCUT2D eigenvalue weighted by atomic mass is 10.1. The molecule has 4 rings (SSSR count). The van der Waals surface area contributed by atoms with E-state index in [1.165, 1.54) is 11.0 Å². The Kier molecular flexibility index (Phi) is 7.13. The van der Waals surface area contributed by atoms with Gasteiger partial charge in [-0.1, -0.05) is 19.4 Å². The fraction of sp³-hybridized carbons (Fsp3) is 0.350. The van der Waals surface area contributed by atoms with Crippen LogP contribution < -0.4 is 23.0 Å². The summed E-state index contributed by atoms with van der Waals surface area (Å²) in [4.78, 5) is 19.3. The van der Waals surface area contributed by atoms with Gasteiger partial charge in [0, 0.05) is 17.3 Å². The third-order valence-corrected chi connectivity index (χ3v) is 4.93. The zero-order chi connectivity index (χ0) is 21.1. The van der Waals surface area contributed by atoms with Gasteiger partial charge in [-0.25, -0.2) is 9.18 Å². The minimum absolute atomic E-state index is 0. The average molecular weight is 448 g/mol. The molecule has 1 aliphatic rings. The van der Waals surface area contributed by atoms with Crippen molar-refractivity contribution in [1.82, 2.24) is 25.2 Å². The molecule has 0 saturated carbocycles. The molecule has 9 nitrogen and oxygen atoms in total. The van der Waals surface area contributed by atoms with Gasteiger partial charge in [0.25, 0.3) is 0 Å². The molecule has 0 radical (unpaired) electrons. The first-order valence-corrected chi connectivity index (χ1v) is 9.90. The number of carbonyl (C=O) groups is 1. The molecule has 0 aliphatic carbocycles. The van der Waals surface area contributed by atoms with E-state index in [9.17, 15) is 9.18 Å². The normalized spacial score (nSPS) is 15.6. The molecular weight excluding hydrogens is 425 g/mol. The largest absolute Gasteiger partial charge is 1.00 e. The zero-order valence-corrected chi connectivity index (χ0v) is 17.8. The molecule has 0 unspecified atom stereocenters. The standard InChI is InChI=1S/C20H22FN7O2.ClH/c1-2-3-8-28-25-19(24-26-28)18-7-4-13(11-23-18)16-6-5-14(9-17(16)21)27-12-15(10-22)30-20(27)29;/h4-7,9,11,15H,2-3,8,10,12,22H2,1H3;1H/t15-;/m0./s1. The SMILES string of the molecule is CCCCn1nnc(-c2ccc(-c3ccc(N4C[C@H](C[NH3+])OC4=O)cc3F)cn2)n1.[Cl-]. The summed E-state index contributed by atoms with van der Waals surface area (Å²) >= 11 is 0. The first-order valence-electron chi connectivity index (χ1n) is 9.90. The number of hydrogen-bond donors (Lipinski definition) is 1. The summed E-state index contributed by atoms with van der Waals surface area (Å²) in [6.45, 7) is 3.64. The van der Waals surface area contributed by atoms with E-state index >= 15 is 0 Å². The van der Waals surface area contributed by atoms with E-state index < -0.39 is 11.9 Å². The van der Waals surface area contributed by atoms with E-state index in [2.05, 4.69) is 33.1 Å². The lowest BCUT2D eigenvalue weighted by Crippen LogP contribution is -3.00. The molecule has 1 fully saturated rings. The van der Waals surface area contributed by atoms with Crippen molar-refractivity contribution in [3.63, 3.8) is 0 Å². The Morgan fingerprint density at radius 3 is 2.77 bits per heavy atom. The number of pyridine rings is 1. The minimum Gasteiger partial charge on any atom is -1.00 e. The van der Waals surface area contributed by atoms with Crippen LogP contribution >= 0.6 is 0 Å². The lowest BCUT2D eigenvalue weighted by molar-refractivity contribution is -0.380. The fourth-order valence-corrected chi connectivity index (χ4v) is 3.21. The lowest BCUT2D eigenvalue weighted by Gasteiger charge is -2.14. The third kappa shape index (κ3) is 4.80. The highest BCUT2D eigenvalue weighted by Gasteiger charge is 2.32. The van der Waals surface area contributed by atoms with Crippen molar-refractivity contribution >= 4 is 11.8 Å². The van der Waals surface area contributed by atoms with Crippen LogP contribution in [0.5, 0.6) is 0 Å². The van der Waals surface area contributed by atoms with Gasteiger partial charge >= 0.3 is 6.09 Å². The quantitative estimate of drug-likeness (QED) is 0.492. The molecule has 0 bridgehead atoms. The van der Waals surface area contributed by atoms with Crippen molar-refractivity contribution in [3.05, 3.63) is 42.3 Å².